The fourth-order valence-corrected chi connectivity index (χ4v) is 4.42. The molecule has 0 aliphatic carbocycles. The summed E-state index contributed by atoms with van der Waals surface area (Å²) in [5.41, 5.74) is 3.81. The normalized spacial score (nSPS) is 14.4. The molecule has 0 fully saturated rings. The van der Waals surface area contributed by atoms with Crippen molar-refractivity contribution in [2.45, 2.75) is 32.9 Å². The number of aromatic nitrogens is 1. The summed E-state index contributed by atoms with van der Waals surface area (Å²) < 4.78 is 27.8. The van der Waals surface area contributed by atoms with E-state index in [0.29, 0.717) is 25.9 Å². The van der Waals surface area contributed by atoms with E-state index < -0.39 is 10.2 Å². The van der Waals surface area contributed by atoms with Crippen molar-refractivity contribution in [3.63, 3.8) is 0 Å². The van der Waals surface area contributed by atoms with Gasteiger partial charge in [0.2, 0.25) is 5.91 Å². The van der Waals surface area contributed by atoms with Crippen molar-refractivity contribution in [1.82, 2.24) is 18.9 Å². The Kier molecular flexibility index (Phi) is 5.95. The van der Waals surface area contributed by atoms with E-state index >= 15 is 0 Å². The van der Waals surface area contributed by atoms with Crippen LogP contribution >= 0.6 is 11.3 Å². The molecule has 0 aromatic carbocycles. The van der Waals surface area contributed by atoms with Gasteiger partial charge >= 0.3 is 0 Å². The fraction of sp³-hybridized carbons (Fsp3) is 0.444. The second kappa shape index (κ2) is 8.05. The Balaban J connectivity index is 1.75. The average Bonchev–Trinajstić information content (AvgIpc) is 3.13. The number of fused-ring (bicyclic) bond motifs is 1. The first-order valence-electron chi connectivity index (χ1n) is 8.71. The SMILES string of the molecule is Cc1ncc2c(c1CNS(=O)(=O)N(C)C)CCN(C(=O)Cc1cccs1)C2. The highest BCUT2D eigenvalue weighted by molar-refractivity contribution is 7.87. The zero-order valence-corrected chi connectivity index (χ0v) is 17.4. The number of carbonyl (C=O) groups excluding carboxylic acids is 1. The van der Waals surface area contributed by atoms with Crippen molar-refractivity contribution in [3.8, 4) is 0 Å². The minimum absolute atomic E-state index is 0.110. The van der Waals surface area contributed by atoms with Crippen LogP contribution in [0.1, 0.15) is 27.3 Å². The summed E-state index contributed by atoms with van der Waals surface area (Å²) in [4.78, 5) is 19.9. The van der Waals surface area contributed by atoms with Gasteiger partial charge in [-0.1, -0.05) is 6.07 Å². The maximum absolute atomic E-state index is 12.6. The second-order valence-corrected chi connectivity index (χ2v) is 9.76. The van der Waals surface area contributed by atoms with Gasteiger partial charge < -0.3 is 4.90 Å². The molecular formula is C18H24N4O3S2. The fourth-order valence-electron chi connectivity index (χ4n) is 3.14. The molecule has 1 aliphatic rings. The molecule has 27 heavy (non-hydrogen) atoms. The number of hydrogen-bond donors (Lipinski definition) is 1. The molecule has 0 saturated carbocycles. The van der Waals surface area contributed by atoms with E-state index in [1.54, 1.807) is 17.5 Å². The number of thiophene rings is 1. The lowest BCUT2D eigenvalue weighted by molar-refractivity contribution is -0.131. The number of amides is 1. The molecule has 0 atom stereocenters. The number of nitrogens with zero attached hydrogens (tertiary/aromatic N) is 3. The molecule has 2 aromatic rings. The molecule has 0 bridgehead atoms. The first-order chi connectivity index (χ1) is 12.8. The minimum atomic E-state index is -3.50. The Labute approximate surface area is 164 Å². The average molecular weight is 409 g/mol. The first-order valence-corrected chi connectivity index (χ1v) is 11.0. The van der Waals surface area contributed by atoms with E-state index in [1.165, 1.54) is 14.1 Å². The van der Waals surface area contributed by atoms with Crippen LogP contribution in [0.4, 0.5) is 0 Å². The number of aryl methyl sites for hydroxylation is 1. The summed E-state index contributed by atoms with van der Waals surface area (Å²) in [7, 11) is -0.519. The summed E-state index contributed by atoms with van der Waals surface area (Å²) in [5, 5.41) is 1.97. The number of pyridine rings is 1. The number of carbonyl (C=O) groups is 1. The molecule has 9 heteroatoms. The van der Waals surface area contributed by atoms with Crippen LogP contribution in [-0.4, -0.2) is 49.2 Å². The van der Waals surface area contributed by atoms with Crippen LogP contribution in [0.15, 0.2) is 23.7 Å². The summed E-state index contributed by atoms with van der Waals surface area (Å²) in [6, 6.07) is 3.92. The number of nitrogens with one attached hydrogen (secondary N) is 1. The van der Waals surface area contributed by atoms with Gasteiger partial charge in [0.05, 0.1) is 6.42 Å². The van der Waals surface area contributed by atoms with Crippen LogP contribution in [0.2, 0.25) is 0 Å². The Hall–Kier alpha value is -1.81. The quantitative estimate of drug-likeness (QED) is 0.785. The topological polar surface area (TPSA) is 82.6 Å². The highest BCUT2D eigenvalue weighted by Crippen LogP contribution is 2.25. The predicted octanol–water partition coefficient (Wildman–Crippen LogP) is 1.47. The molecule has 0 spiro atoms. The lowest BCUT2D eigenvalue weighted by atomic mass is 9.95. The molecule has 0 radical (unpaired) electrons. The Morgan fingerprint density at radius 2 is 2.19 bits per heavy atom. The first kappa shape index (κ1) is 19.9. The lowest BCUT2D eigenvalue weighted by Crippen LogP contribution is -2.38. The summed E-state index contributed by atoms with van der Waals surface area (Å²) in [6.45, 7) is 3.23. The van der Waals surface area contributed by atoms with Crippen LogP contribution in [0.3, 0.4) is 0 Å². The summed E-state index contributed by atoms with van der Waals surface area (Å²) in [5.74, 6) is 0.110. The molecule has 2 aromatic heterocycles. The smallest absolute Gasteiger partial charge is 0.279 e. The molecule has 1 N–H and O–H groups in total. The maximum Gasteiger partial charge on any atom is 0.279 e. The van der Waals surface area contributed by atoms with E-state index in [2.05, 4.69) is 9.71 Å². The predicted molar refractivity (Wildman–Crippen MR) is 106 cm³/mol. The van der Waals surface area contributed by atoms with E-state index in [-0.39, 0.29) is 12.5 Å². The van der Waals surface area contributed by atoms with Gasteiger partial charge in [-0.05, 0) is 41.5 Å². The highest BCUT2D eigenvalue weighted by atomic mass is 32.2. The van der Waals surface area contributed by atoms with Crippen molar-refractivity contribution < 1.29 is 13.2 Å². The summed E-state index contributed by atoms with van der Waals surface area (Å²) in [6.07, 6.45) is 2.93. The number of rotatable bonds is 6. The third-order valence-corrected chi connectivity index (χ3v) is 7.11. The van der Waals surface area contributed by atoms with Gasteiger partial charge in [-0.2, -0.15) is 17.4 Å². The maximum atomic E-state index is 12.6. The Bertz CT molecular complexity index is 924. The zero-order chi connectivity index (χ0) is 19.6. The van der Waals surface area contributed by atoms with Crippen molar-refractivity contribution in [2.75, 3.05) is 20.6 Å². The largest absolute Gasteiger partial charge is 0.338 e. The van der Waals surface area contributed by atoms with Crippen molar-refractivity contribution in [1.29, 1.82) is 0 Å². The third-order valence-electron chi connectivity index (χ3n) is 4.77. The van der Waals surface area contributed by atoms with E-state index in [9.17, 15) is 13.2 Å². The monoisotopic (exact) mass is 408 g/mol. The molecular weight excluding hydrogens is 384 g/mol. The molecule has 7 nitrogen and oxygen atoms in total. The molecule has 1 aliphatic heterocycles. The molecule has 3 heterocycles. The molecule has 3 rings (SSSR count). The van der Waals surface area contributed by atoms with E-state index in [1.807, 2.05) is 29.3 Å². The van der Waals surface area contributed by atoms with Crippen LogP contribution < -0.4 is 4.72 Å². The van der Waals surface area contributed by atoms with Gasteiger partial charge in [0.1, 0.15) is 0 Å². The van der Waals surface area contributed by atoms with Crippen molar-refractivity contribution in [2.24, 2.45) is 0 Å². The van der Waals surface area contributed by atoms with Crippen molar-refractivity contribution >= 4 is 27.5 Å². The van der Waals surface area contributed by atoms with Gasteiger partial charge in [0.25, 0.3) is 10.2 Å². The molecule has 1 amide bonds. The highest BCUT2D eigenvalue weighted by Gasteiger charge is 2.25. The minimum Gasteiger partial charge on any atom is -0.338 e. The third kappa shape index (κ3) is 4.55. The van der Waals surface area contributed by atoms with Gasteiger partial charge in [0, 0.05) is 50.5 Å². The van der Waals surface area contributed by atoms with E-state index in [4.69, 9.17) is 0 Å². The van der Waals surface area contributed by atoms with Gasteiger partial charge in [-0.15, -0.1) is 11.3 Å². The van der Waals surface area contributed by atoms with Crippen LogP contribution in [0, 0.1) is 6.92 Å². The van der Waals surface area contributed by atoms with Crippen LogP contribution in [0.5, 0.6) is 0 Å². The zero-order valence-electron chi connectivity index (χ0n) is 15.7. The molecule has 0 unspecified atom stereocenters. The standard InChI is InChI=1S/C18H24N4O3S2/c1-13-17(11-20-27(24,25)21(2)3)16-6-7-22(12-14(16)10-19-13)18(23)9-15-5-4-8-26-15/h4-5,8,10,20H,6-7,9,11-12H2,1-3H3. The lowest BCUT2D eigenvalue weighted by Gasteiger charge is -2.30. The van der Waals surface area contributed by atoms with Crippen molar-refractivity contribution in [3.05, 3.63) is 51.0 Å². The molecule has 0 saturated heterocycles. The summed E-state index contributed by atoms with van der Waals surface area (Å²) >= 11 is 1.59. The van der Waals surface area contributed by atoms with E-state index in [0.717, 1.165) is 31.6 Å². The Morgan fingerprint density at radius 1 is 1.41 bits per heavy atom. The van der Waals surface area contributed by atoms with Gasteiger partial charge in [-0.25, -0.2) is 0 Å². The van der Waals surface area contributed by atoms with Crippen LogP contribution in [0.25, 0.3) is 0 Å². The second-order valence-electron chi connectivity index (χ2n) is 6.76. The van der Waals surface area contributed by atoms with Gasteiger partial charge in [-0.3, -0.25) is 9.78 Å². The Morgan fingerprint density at radius 3 is 2.85 bits per heavy atom. The number of hydrogen-bond acceptors (Lipinski definition) is 5. The molecule has 146 valence electrons. The van der Waals surface area contributed by atoms with Crippen LogP contribution in [-0.2, 0) is 40.9 Å². The van der Waals surface area contributed by atoms with Gasteiger partial charge in [0.15, 0.2) is 0 Å².